The normalized spacial score (nSPS) is 12.6. The Balaban J connectivity index is 0.00000225. The van der Waals surface area contributed by atoms with E-state index < -0.39 is 0 Å². The van der Waals surface area contributed by atoms with E-state index in [-0.39, 0.29) is 18.9 Å². The van der Waals surface area contributed by atoms with Crippen molar-refractivity contribution in [3.63, 3.8) is 0 Å². The molecule has 0 saturated heterocycles. The summed E-state index contributed by atoms with van der Waals surface area (Å²) in [4.78, 5) is 4.56. The van der Waals surface area contributed by atoms with Crippen LogP contribution in [-0.4, -0.2) is 44.0 Å². The minimum absolute atomic E-state index is 0. The summed E-state index contributed by atoms with van der Waals surface area (Å²) in [6.07, 6.45) is 0. The second kappa shape index (κ2) is 7.92. The molecule has 84 valence electrons. The Hall–Kier alpha value is -0.263. The average Bonchev–Trinajstić information content (AvgIpc) is 2.26. The van der Waals surface area contributed by atoms with Gasteiger partial charge < -0.3 is 9.80 Å². The number of hydrogen-bond donors (Lipinski definition) is 0. The first kappa shape index (κ1) is 15.7. The summed E-state index contributed by atoms with van der Waals surface area (Å²) >= 11 is 0. The third kappa shape index (κ3) is 5.18. The predicted octanol–water partition coefficient (Wildman–Crippen LogP) is -0.955. The molecule has 16 heavy (non-hydrogen) atoms. The Morgan fingerprint density at radius 2 is 1.88 bits per heavy atom. The van der Waals surface area contributed by atoms with Crippen LogP contribution in [0.3, 0.4) is 0 Å². The van der Waals surface area contributed by atoms with Crippen LogP contribution in [0.2, 0.25) is 0 Å². The Kier molecular flexibility index (Phi) is 7.79. The summed E-state index contributed by atoms with van der Waals surface area (Å²) in [5.74, 6) is 0. The molecule has 0 bridgehead atoms. The van der Waals surface area contributed by atoms with Crippen molar-refractivity contribution in [3.05, 3.63) is 35.9 Å². The van der Waals surface area contributed by atoms with Crippen molar-refractivity contribution >= 4 is 0 Å². The van der Waals surface area contributed by atoms with Gasteiger partial charge in [-0.1, -0.05) is 0 Å². The minimum atomic E-state index is 0. The number of nitrogens with zero attached hydrogens (tertiary/aromatic N) is 2. The monoisotopic (exact) mass is 212 g/mol. The molecule has 0 saturated carbocycles. The van der Waals surface area contributed by atoms with E-state index in [9.17, 15) is 0 Å². The first-order valence-electron chi connectivity index (χ1n) is 5.43. The van der Waals surface area contributed by atoms with Gasteiger partial charge in [-0.15, -0.1) is 5.56 Å². The molecule has 0 aliphatic heterocycles. The number of benzene rings is 1. The van der Waals surface area contributed by atoms with Gasteiger partial charge in [0.2, 0.25) is 0 Å². The van der Waals surface area contributed by atoms with Gasteiger partial charge in [0.1, 0.15) is 0 Å². The molecule has 0 radical (unpaired) electrons. The molecular formula is C13H21LiN2. The van der Waals surface area contributed by atoms with Crippen molar-refractivity contribution in [1.82, 2.24) is 9.80 Å². The molecule has 0 aliphatic rings. The maximum Gasteiger partial charge on any atom is 1.00 e. The molecule has 1 atom stereocenters. The summed E-state index contributed by atoms with van der Waals surface area (Å²) in [5, 5.41) is 0. The van der Waals surface area contributed by atoms with E-state index in [1.54, 1.807) is 0 Å². The van der Waals surface area contributed by atoms with E-state index in [0.717, 1.165) is 13.1 Å². The van der Waals surface area contributed by atoms with Crippen molar-refractivity contribution in [2.45, 2.75) is 13.0 Å². The van der Waals surface area contributed by atoms with Crippen molar-refractivity contribution < 1.29 is 18.9 Å². The number of rotatable bonds is 5. The van der Waals surface area contributed by atoms with Gasteiger partial charge in [0.05, 0.1) is 0 Å². The van der Waals surface area contributed by atoms with E-state index >= 15 is 0 Å². The number of likely N-dealkylation sites (N-methyl/N-ethyl adjacent to an activating group) is 2. The van der Waals surface area contributed by atoms with Crippen LogP contribution < -0.4 is 18.9 Å². The van der Waals surface area contributed by atoms with Crippen molar-refractivity contribution in [2.24, 2.45) is 0 Å². The van der Waals surface area contributed by atoms with E-state index in [0.29, 0.717) is 6.04 Å². The van der Waals surface area contributed by atoms with E-state index in [1.165, 1.54) is 5.56 Å². The van der Waals surface area contributed by atoms with Crippen LogP contribution in [0.5, 0.6) is 0 Å². The molecule has 0 aliphatic carbocycles. The van der Waals surface area contributed by atoms with Gasteiger partial charge in [0.25, 0.3) is 0 Å². The van der Waals surface area contributed by atoms with Crippen molar-refractivity contribution in [1.29, 1.82) is 0 Å². The van der Waals surface area contributed by atoms with Gasteiger partial charge >= 0.3 is 18.9 Å². The van der Waals surface area contributed by atoms with Crippen LogP contribution in [0.4, 0.5) is 0 Å². The zero-order valence-corrected chi connectivity index (χ0v) is 11.2. The molecule has 0 fully saturated rings. The summed E-state index contributed by atoms with van der Waals surface area (Å²) in [5.41, 5.74) is 1.26. The van der Waals surface area contributed by atoms with E-state index in [4.69, 9.17) is 0 Å². The minimum Gasteiger partial charge on any atom is -0.308 e. The fourth-order valence-electron chi connectivity index (χ4n) is 1.46. The van der Waals surface area contributed by atoms with Gasteiger partial charge in [0.15, 0.2) is 0 Å². The largest absolute Gasteiger partial charge is 1.00 e. The van der Waals surface area contributed by atoms with Gasteiger partial charge in [0, 0.05) is 19.1 Å². The topological polar surface area (TPSA) is 6.48 Å². The molecule has 0 heterocycles. The van der Waals surface area contributed by atoms with E-state index in [2.05, 4.69) is 56.1 Å². The molecule has 3 heteroatoms. The first-order valence-corrected chi connectivity index (χ1v) is 5.43. The molecule has 0 unspecified atom stereocenters. The average molecular weight is 212 g/mol. The first-order chi connectivity index (χ1) is 7.11. The van der Waals surface area contributed by atoms with Gasteiger partial charge in [-0.3, -0.25) is 0 Å². The zero-order valence-electron chi connectivity index (χ0n) is 11.2. The van der Waals surface area contributed by atoms with Crippen LogP contribution in [0.15, 0.2) is 24.3 Å². The van der Waals surface area contributed by atoms with Crippen molar-refractivity contribution in [2.75, 3.05) is 34.2 Å². The van der Waals surface area contributed by atoms with Gasteiger partial charge in [-0.2, -0.15) is 30.3 Å². The molecule has 1 rings (SSSR count). The summed E-state index contributed by atoms with van der Waals surface area (Å²) in [6, 6.07) is 11.9. The fourth-order valence-corrected chi connectivity index (χ4v) is 1.46. The molecule has 0 N–H and O–H groups in total. The smallest absolute Gasteiger partial charge is 0.308 e. The molecule has 1 aromatic rings. The van der Waals surface area contributed by atoms with Gasteiger partial charge in [-0.05, 0) is 28.1 Å². The van der Waals surface area contributed by atoms with Crippen LogP contribution in [0.25, 0.3) is 0 Å². The summed E-state index contributed by atoms with van der Waals surface area (Å²) in [7, 11) is 6.37. The molecule has 0 spiro atoms. The van der Waals surface area contributed by atoms with E-state index in [1.807, 2.05) is 12.1 Å². The maximum absolute atomic E-state index is 3.28. The second-order valence-corrected chi connectivity index (χ2v) is 4.28. The quantitative estimate of drug-likeness (QED) is 0.458. The maximum atomic E-state index is 3.28. The standard InChI is InChI=1S/C13H21N2.Li/c1-12(13-8-6-5-7-9-13)15(4)11-10-14(2)3;/h5-8,12H,10-11H2,1-4H3;/q-1;+1/t12-;/m0./s1. The van der Waals surface area contributed by atoms with Gasteiger partial charge in [-0.25, -0.2) is 0 Å². The number of hydrogen-bond acceptors (Lipinski definition) is 2. The van der Waals surface area contributed by atoms with Crippen LogP contribution >= 0.6 is 0 Å². The van der Waals surface area contributed by atoms with Crippen LogP contribution in [0.1, 0.15) is 18.5 Å². The van der Waals surface area contributed by atoms with Crippen LogP contribution in [-0.2, 0) is 0 Å². The molecule has 0 amide bonds. The molecule has 0 aromatic heterocycles. The predicted molar refractivity (Wildman–Crippen MR) is 64.9 cm³/mol. The summed E-state index contributed by atoms with van der Waals surface area (Å²) < 4.78 is 0. The second-order valence-electron chi connectivity index (χ2n) is 4.28. The third-order valence-corrected chi connectivity index (χ3v) is 2.74. The Morgan fingerprint density at radius 3 is 2.38 bits per heavy atom. The Bertz CT molecular complexity index is 275. The zero-order chi connectivity index (χ0) is 11.3. The Labute approximate surface area is 112 Å². The summed E-state index contributed by atoms with van der Waals surface area (Å²) in [6.45, 7) is 4.39. The SMILES string of the molecule is C[C@@H](c1[c-]cccc1)N(C)CCN(C)C.[Li+]. The fraction of sp³-hybridized carbons (Fsp3) is 0.538. The molecule has 2 nitrogen and oxygen atoms in total. The molecular weight excluding hydrogens is 191 g/mol. The van der Waals surface area contributed by atoms with Crippen molar-refractivity contribution in [3.8, 4) is 0 Å². The third-order valence-electron chi connectivity index (χ3n) is 2.74. The van der Waals surface area contributed by atoms with Crippen LogP contribution in [0, 0.1) is 6.07 Å². The Morgan fingerprint density at radius 1 is 1.19 bits per heavy atom. The molecule has 1 aromatic carbocycles.